The third-order valence-corrected chi connectivity index (χ3v) is 16.8. The van der Waals surface area contributed by atoms with E-state index in [1.807, 2.05) is 0 Å². The van der Waals surface area contributed by atoms with Crippen molar-refractivity contribution < 1.29 is 24.5 Å². The van der Waals surface area contributed by atoms with E-state index >= 15 is 0 Å². The number of aliphatic hydroxyl groups excluding tert-OH is 2. The van der Waals surface area contributed by atoms with Gasteiger partial charge in [-0.2, -0.15) is 0 Å². The number of unbranched alkanes of at least 4 members (excludes halogenated alkanes) is 54. The van der Waals surface area contributed by atoms with Gasteiger partial charge in [0, 0.05) is 12.8 Å². The summed E-state index contributed by atoms with van der Waals surface area (Å²) in [6, 6.07) is -0.541. The standard InChI is InChI=1S/C71H139NO5/c1-3-5-7-9-11-13-15-17-19-20-21-26-29-32-36-39-43-47-51-55-59-63-69(74)68(67-73)72-70(75)64-60-56-52-48-44-40-37-33-30-27-24-22-23-25-28-31-34-38-42-46-50-54-58-62-66-77-71(76)65-61-57-53-49-45-41-35-18-16-14-12-10-8-6-4-2/h18,35,68-69,73-74H,3-17,19-34,36-67H2,1-2H3,(H,72,75)/b35-18-. The average molecular weight is 1090 g/mol. The van der Waals surface area contributed by atoms with Gasteiger partial charge < -0.3 is 20.3 Å². The van der Waals surface area contributed by atoms with Gasteiger partial charge in [-0.15, -0.1) is 0 Å². The minimum absolute atomic E-state index is 0.00873. The predicted octanol–water partition coefficient (Wildman–Crippen LogP) is 22.8. The predicted molar refractivity (Wildman–Crippen MR) is 338 cm³/mol. The number of amides is 1. The van der Waals surface area contributed by atoms with Crippen LogP contribution in [-0.4, -0.2) is 47.4 Å². The molecule has 0 aromatic heterocycles. The molecule has 2 atom stereocenters. The van der Waals surface area contributed by atoms with Gasteiger partial charge >= 0.3 is 5.97 Å². The molecule has 0 saturated carbocycles. The average Bonchev–Trinajstić information content (AvgIpc) is 3.43. The van der Waals surface area contributed by atoms with Crippen molar-refractivity contribution in [2.24, 2.45) is 0 Å². The molecule has 0 aliphatic carbocycles. The molecule has 1 amide bonds. The molecule has 0 spiro atoms. The summed E-state index contributed by atoms with van der Waals surface area (Å²) in [5.41, 5.74) is 0. The number of rotatable bonds is 67. The Balaban J connectivity index is 3.36. The maximum Gasteiger partial charge on any atom is 0.305 e. The molecule has 0 bridgehead atoms. The SMILES string of the molecule is CCCCCCCC/C=C\CCCCCCCC(=O)OCCCCCCCCCCCCCCCCCCCCCCCCCCC(=O)NC(CO)C(O)CCCCCCCCCCCCCCCCCCCCCCC. The Kier molecular flexibility index (Phi) is 65.9. The third kappa shape index (κ3) is 63.6. The van der Waals surface area contributed by atoms with Crippen molar-refractivity contribution in [1.82, 2.24) is 5.32 Å². The van der Waals surface area contributed by atoms with E-state index < -0.39 is 12.1 Å². The van der Waals surface area contributed by atoms with Crippen LogP contribution in [0.2, 0.25) is 0 Å². The minimum Gasteiger partial charge on any atom is -0.466 e. The summed E-state index contributed by atoms with van der Waals surface area (Å²) < 4.78 is 5.49. The molecule has 0 fully saturated rings. The van der Waals surface area contributed by atoms with Crippen LogP contribution in [0.1, 0.15) is 406 Å². The lowest BCUT2D eigenvalue weighted by Crippen LogP contribution is -2.45. The number of carbonyl (C=O) groups is 2. The summed E-state index contributed by atoms with van der Waals surface area (Å²) in [4.78, 5) is 24.6. The second-order valence-electron chi connectivity index (χ2n) is 24.6. The highest BCUT2D eigenvalue weighted by molar-refractivity contribution is 5.76. The molecule has 2 unspecified atom stereocenters. The third-order valence-electron chi connectivity index (χ3n) is 16.8. The zero-order chi connectivity index (χ0) is 55.7. The first-order valence-corrected chi connectivity index (χ1v) is 35.4. The van der Waals surface area contributed by atoms with Crippen molar-refractivity contribution >= 4 is 11.9 Å². The van der Waals surface area contributed by atoms with Gasteiger partial charge in [0.25, 0.3) is 0 Å². The summed E-state index contributed by atoms with van der Waals surface area (Å²) in [5, 5.41) is 23.4. The Morgan fingerprint density at radius 2 is 0.610 bits per heavy atom. The van der Waals surface area contributed by atoms with Crippen LogP contribution in [0.4, 0.5) is 0 Å². The second kappa shape index (κ2) is 67.1. The van der Waals surface area contributed by atoms with Crippen LogP contribution >= 0.6 is 0 Å². The lowest BCUT2D eigenvalue weighted by Gasteiger charge is -2.22. The molecule has 0 radical (unpaired) electrons. The van der Waals surface area contributed by atoms with Gasteiger partial charge in [0.15, 0.2) is 0 Å². The molecule has 3 N–H and O–H groups in total. The Morgan fingerprint density at radius 3 is 0.922 bits per heavy atom. The van der Waals surface area contributed by atoms with E-state index in [-0.39, 0.29) is 18.5 Å². The molecular formula is C71H139NO5. The van der Waals surface area contributed by atoms with Crippen LogP contribution in [0.3, 0.4) is 0 Å². The van der Waals surface area contributed by atoms with Crippen LogP contribution in [0, 0.1) is 0 Å². The maximum absolute atomic E-state index is 12.5. The van der Waals surface area contributed by atoms with Gasteiger partial charge in [0.1, 0.15) is 0 Å². The van der Waals surface area contributed by atoms with Gasteiger partial charge in [0.2, 0.25) is 5.91 Å². The van der Waals surface area contributed by atoms with Crippen molar-refractivity contribution in [3.05, 3.63) is 12.2 Å². The normalized spacial score (nSPS) is 12.5. The summed E-state index contributed by atoms with van der Waals surface area (Å²) >= 11 is 0. The first kappa shape index (κ1) is 75.6. The van der Waals surface area contributed by atoms with Gasteiger partial charge in [0.05, 0.1) is 25.4 Å². The molecule has 0 aliphatic heterocycles. The van der Waals surface area contributed by atoms with E-state index in [4.69, 9.17) is 4.74 Å². The van der Waals surface area contributed by atoms with Crippen molar-refractivity contribution in [2.75, 3.05) is 13.2 Å². The summed E-state index contributed by atoms with van der Waals surface area (Å²) in [6.07, 6.45) is 82.5. The van der Waals surface area contributed by atoms with Crippen LogP contribution in [0.25, 0.3) is 0 Å². The first-order chi connectivity index (χ1) is 38.0. The molecule has 6 heteroatoms. The summed E-state index contributed by atoms with van der Waals surface area (Å²) in [5.74, 6) is -0.0202. The van der Waals surface area contributed by atoms with Crippen molar-refractivity contribution in [2.45, 2.75) is 418 Å². The van der Waals surface area contributed by atoms with Gasteiger partial charge in [-0.1, -0.05) is 353 Å². The number of carbonyl (C=O) groups excluding carboxylic acids is 2. The number of ether oxygens (including phenoxy) is 1. The number of aliphatic hydroxyl groups is 2. The Hall–Kier alpha value is -1.40. The molecule has 6 nitrogen and oxygen atoms in total. The van der Waals surface area contributed by atoms with Crippen LogP contribution in [0.15, 0.2) is 12.2 Å². The largest absolute Gasteiger partial charge is 0.466 e. The lowest BCUT2D eigenvalue weighted by atomic mass is 10.0. The fourth-order valence-electron chi connectivity index (χ4n) is 11.4. The number of allylic oxidation sites excluding steroid dienone is 2. The zero-order valence-corrected chi connectivity index (χ0v) is 52.5. The molecule has 0 aliphatic rings. The fourth-order valence-corrected chi connectivity index (χ4v) is 11.4. The van der Waals surface area contributed by atoms with Gasteiger partial charge in [-0.25, -0.2) is 0 Å². The van der Waals surface area contributed by atoms with Crippen LogP contribution in [0.5, 0.6) is 0 Å². The molecule has 0 heterocycles. The van der Waals surface area contributed by atoms with Crippen LogP contribution in [-0.2, 0) is 14.3 Å². The molecular weight excluding hydrogens is 947 g/mol. The second-order valence-corrected chi connectivity index (χ2v) is 24.6. The Bertz CT molecular complexity index is 1160. The topological polar surface area (TPSA) is 95.9 Å². The van der Waals surface area contributed by atoms with Gasteiger partial charge in [-0.05, 0) is 51.4 Å². The van der Waals surface area contributed by atoms with E-state index in [0.29, 0.717) is 25.9 Å². The van der Waals surface area contributed by atoms with Crippen molar-refractivity contribution in [3.63, 3.8) is 0 Å². The lowest BCUT2D eigenvalue weighted by molar-refractivity contribution is -0.143. The fraction of sp³-hybridized carbons (Fsp3) is 0.944. The quantitative estimate of drug-likeness (QED) is 0.0320. The minimum atomic E-state index is -0.664. The molecule has 77 heavy (non-hydrogen) atoms. The smallest absolute Gasteiger partial charge is 0.305 e. The van der Waals surface area contributed by atoms with Crippen molar-refractivity contribution in [3.8, 4) is 0 Å². The number of nitrogens with one attached hydrogen (secondary N) is 1. The summed E-state index contributed by atoms with van der Waals surface area (Å²) in [6.45, 7) is 4.99. The molecule has 0 aromatic rings. The highest BCUT2D eigenvalue weighted by Gasteiger charge is 2.20. The maximum atomic E-state index is 12.5. The van der Waals surface area contributed by atoms with Crippen molar-refractivity contribution in [1.29, 1.82) is 0 Å². The number of esters is 1. The van der Waals surface area contributed by atoms with Gasteiger partial charge in [-0.3, -0.25) is 9.59 Å². The van der Waals surface area contributed by atoms with E-state index in [1.165, 1.54) is 327 Å². The van der Waals surface area contributed by atoms with E-state index in [0.717, 1.165) is 44.9 Å². The first-order valence-electron chi connectivity index (χ1n) is 35.4. The Labute approximate surface area is 482 Å². The Morgan fingerprint density at radius 1 is 0.351 bits per heavy atom. The van der Waals surface area contributed by atoms with E-state index in [9.17, 15) is 19.8 Å². The molecule has 458 valence electrons. The molecule has 0 saturated heterocycles. The highest BCUT2D eigenvalue weighted by Crippen LogP contribution is 2.19. The molecule has 0 rings (SSSR count). The van der Waals surface area contributed by atoms with E-state index in [2.05, 4.69) is 31.3 Å². The highest BCUT2D eigenvalue weighted by atomic mass is 16.5. The number of hydrogen-bond acceptors (Lipinski definition) is 5. The van der Waals surface area contributed by atoms with E-state index in [1.54, 1.807) is 0 Å². The summed E-state index contributed by atoms with van der Waals surface area (Å²) in [7, 11) is 0. The molecule has 0 aromatic carbocycles. The monoisotopic (exact) mass is 1090 g/mol. The zero-order valence-electron chi connectivity index (χ0n) is 52.5. The number of hydrogen-bond donors (Lipinski definition) is 3. The van der Waals surface area contributed by atoms with Crippen LogP contribution < -0.4 is 5.32 Å².